The maximum atomic E-state index is 12.2. The van der Waals surface area contributed by atoms with Crippen molar-refractivity contribution >= 4 is 22.6 Å². The van der Waals surface area contributed by atoms with E-state index in [0.29, 0.717) is 6.54 Å². The Hall–Kier alpha value is 0.620. The SMILES string of the molecule is F[C@H]1CNC[C@@H]1I. The number of alkyl halides is 2. The molecule has 1 heterocycles. The molecule has 1 rings (SSSR count). The van der Waals surface area contributed by atoms with Crippen LogP contribution in [0, 0.1) is 0 Å². The zero-order valence-electron chi connectivity index (χ0n) is 3.82. The average Bonchev–Trinajstić information content (AvgIpc) is 1.91. The predicted molar refractivity (Wildman–Crippen MR) is 35.6 cm³/mol. The Labute approximate surface area is 55.8 Å². The molecule has 7 heavy (non-hydrogen) atoms. The second-order valence-corrected chi connectivity index (χ2v) is 3.29. The first kappa shape index (κ1) is 5.75. The number of hydrogen-bond donors (Lipinski definition) is 1. The first-order valence-corrected chi connectivity index (χ1v) is 3.54. The maximum absolute atomic E-state index is 12.2. The third-order valence-corrected chi connectivity index (χ3v) is 2.29. The Morgan fingerprint density at radius 2 is 2.29 bits per heavy atom. The molecule has 0 aromatic heterocycles. The number of hydrogen-bond acceptors (Lipinski definition) is 1. The number of rotatable bonds is 0. The lowest BCUT2D eigenvalue weighted by Gasteiger charge is -1.97. The molecule has 0 unspecified atom stereocenters. The van der Waals surface area contributed by atoms with Gasteiger partial charge in [0.2, 0.25) is 0 Å². The third-order valence-electron chi connectivity index (χ3n) is 1.07. The van der Waals surface area contributed by atoms with Crippen LogP contribution in [0.1, 0.15) is 0 Å². The van der Waals surface area contributed by atoms with Crippen LogP contribution in [0.25, 0.3) is 0 Å². The van der Waals surface area contributed by atoms with E-state index in [-0.39, 0.29) is 3.92 Å². The van der Waals surface area contributed by atoms with Gasteiger partial charge < -0.3 is 5.32 Å². The summed E-state index contributed by atoms with van der Waals surface area (Å²) in [6.07, 6.45) is -0.611. The molecule has 0 amide bonds. The monoisotopic (exact) mass is 215 g/mol. The van der Waals surface area contributed by atoms with E-state index < -0.39 is 6.17 Å². The van der Waals surface area contributed by atoms with E-state index in [1.165, 1.54) is 0 Å². The Morgan fingerprint density at radius 1 is 1.57 bits per heavy atom. The van der Waals surface area contributed by atoms with Crippen LogP contribution < -0.4 is 5.32 Å². The zero-order chi connectivity index (χ0) is 5.28. The molecule has 0 saturated carbocycles. The van der Waals surface area contributed by atoms with Gasteiger partial charge in [-0.2, -0.15) is 0 Å². The first-order chi connectivity index (χ1) is 3.30. The van der Waals surface area contributed by atoms with Gasteiger partial charge in [0, 0.05) is 13.1 Å². The van der Waals surface area contributed by atoms with Crippen LogP contribution >= 0.6 is 22.6 Å². The lowest BCUT2D eigenvalue weighted by atomic mass is 10.3. The van der Waals surface area contributed by atoms with E-state index in [1.54, 1.807) is 0 Å². The quantitative estimate of drug-likeness (QED) is 0.464. The molecular weight excluding hydrogens is 208 g/mol. The second-order valence-electron chi connectivity index (χ2n) is 1.69. The summed E-state index contributed by atoms with van der Waals surface area (Å²) < 4.78 is 12.5. The van der Waals surface area contributed by atoms with Crippen LogP contribution in [-0.2, 0) is 0 Å². The molecule has 1 fully saturated rings. The predicted octanol–water partition coefficient (Wildman–Crippen LogP) is 0.731. The molecule has 0 aromatic rings. The van der Waals surface area contributed by atoms with Gasteiger partial charge in [0.05, 0.1) is 3.92 Å². The Balaban J connectivity index is 2.33. The van der Waals surface area contributed by atoms with Gasteiger partial charge >= 0.3 is 0 Å². The van der Waals surface area contributed by atoms with Gasteiger partial charge in [0.15, 0.2) is 0 Å². The average molecular weight is 215 g/mol. The van der Waals surface area contributed by atoms with Gasteiger partial charge in [-0.3, -0.25) is 0 Å². The van der Waals surface area contributed by atoms with E-state index in [0.717, 1.165) is 6.54 Å². The molecule has 2 atom stereocenters. The van der Waals surface area contributed by atoms with E-state index >= 15 is 0 Å². The smallest absolute Gasteiger partial charge is 0.125 e. The van der Waals surface area contributed by atoms with Crippen LogP contribution in [0.15, 0.2) is 0 Å². The molecule has 0 bridgehead atoms. The number of halogens is 2. The fourth-order valence-electron chi connectivity index (χ4n) is 0.615. The third kappa shape index (κ3) is 1.25. The Kier molecular flexibility index (Phi) is 1.86. The first-order valence-electron chi connectivity index (χ1n) is 2.29. The highest BCUT2D eigenvalue weighted by Crippen LogP contribution is 2.12. The van der Waals surface area contributed by atoms with Crippen molar-refractivity contribution in [2.24, 2.45) is 0 Å². The molecule has 1 saturated heterocycles. The van der Waals surface area contributed by atoms with Crippen molar-refractivity contribution in [3.8, 4) is 0 Å². The summed E-state index contributed by atoms with van der Waals surface area (Å²) in [5.74, 6) is 0. The van der Waals surface area contributed by atoms with Crippen LogP contribution in [0.2, 0.25) is 0 Å². The molecule has 1 aliphatic rings. The van der Waals surface area contributed by atoms with Crippen molar-refractivity contribution in [3.63, 3.8) is 0 Å². The summed E-state index contributed by atoms with van der Waals surface area (Å²) in [7, 11) is 0. The Bertz CT molecular complexity index is 60.7. The molecular formula is C4H7FIN. The van der Waals surface area contributed by atoms with E-state index in [2.05, 4.69) is 27.9 Å². The van der Waals surface area contributed by atoms with Gasteiger partial charge in [-0.15, -0.1) is 0 Å². The summed E-state index contributed by atoms with van der Waals surface area (Å²) in [4.78, 5) is 0. The summed E-state index contributed by atoms with van der Waals surface area (Å²) in [5, 5.41) is 2.94. The van der Waals surface area contributed by atoms with Crippen molar-refractivity contribution < 1.29 is 4.39 Å². The molecule has 1 nitrogen and oxygen atoms in total. The lowest BCUT2D eigenvalue weighted by Crippen LogP contribution is -2.10. The van der Waals surface area contributed by atoms with Crippen LogP contribution in [0.5, 0.6) is 0 Å². The van der Waals surface area contributed by atoms with Crippen LogP contribution in [-0.4, -0.2) is 23.2 Å². The summed E-state index contributed by atoms with van der Waals surface area (Å²) in [6.45, 7) is 1.38. The normalized spacial score (nSPS) is 42.0. The highest BCUT2D eigenvalue weighted by atomic mass is 127. The van der Waals surface area contributed by atoms with Crippen LogP contribution in [0.3, 0.4) is 0 Å². The minimum absolute atomic E-state index is 0.206. The van der Waals surface area contributed by atoms with Gasteiger partial charge in [-0.05, 0) is 0 Å². The van der Waals surface area contributed by atoms with Crippen molar-refractivity contribution in [3.05, 3.63) is 0 Å². The highest BCUT2D eigenvalue weighted by molar-refractivity contribution is 14.1. The summed E-state index contributed by atoms with van der Waals surface area (Å²) in [5.41, 5.74) is 0. The summed E-state index contributed by atoms with van der Waals surface area (Å²) >= 11 is 2.12. The van der Waals surface area contributed by atoms with Gasteiger partial charge in [-0.1, -0.05) is 22.6 Å². The van der Waals surface area contributed by atoms with Gasteiger partial charge in [-0.25, -0.2) is 4.39 Å². The molecule has 1 aliphatic heterocycles. The topological polar surface area (TPSA) is 12.0 Å². The minimum atomic E-state index is -0.611. The molecule has 0 spiro atoms. The van der Waals surface area contributed by atoms with Crippen molar-refractivity contribution in [1.82, 2.24) is 5.32 Å². The van der Waals surface area contributed by atoms with Crippen LogP contribution in [0.4, 0.5) is 4.39 Å². The molecule has 1 N–H and O–H groups in total. The largest absolute Gasteiger partial charge is 0.313 e. The second kappa shape index (κ2) is 2.26. The summed E-state index contributed by atoms with van der Waals surface area (Å²) in [6, 6.07) is 0. The van der Waals surface area contributed by atoms with Gasteiger partial charge in [0.25, 0.3) is 0 Å². The molecule has 3 heteroatoms. The van der Waals surface area contributed by atoms with Crippen molar-refractivity contribution in [2.45, 2.75) is 10.1 Å². The fraction of sp³-hybridized carbons (Fsp3) is 1.00. The molecule has 42 valence electrons. The zero-order valence-corrected chi connectivity index (χ0v) is 5.98. The standard InChI is InChI=1S/C4H7FIN/c5-3-1-7-2-4(3)6/h3-4,7H,1-2H2/t3-,4-/m0/s1. The van der Waals surface area contributed by atoms with E-state index in [4.69, 9.17) is 0 Å². The number of nitrogens with one attached hydrogen (secondary N) is 1. The maximum Gasteiger partial charge on any atom is 0.125 e. The minimum Gasteiger partial charge on any atom is -0.313 e. The fourth-order valence-corrected chi connectivity index (χ4v) is 1.18. The van der Waals surface area contributed by atoms with E-state index in [1.807, 2.05) is 0 Å². The van der Waals surface area contributed by atoms with Crippen molar-refractivity contribution in [2.75, 3.05) is 13.1 Å². The molecule has 0 aromatic carbocycles. The molecule has 0 radical (unpaired) electrons. The highest BCUT2D eigenvalue weighted by Gasteiger charge is 2.22. The Morgan fingerprint density at radius 3 is 2.43 bits per heavy atom. The van der Waals surface area contributed by atoms with Gasteiger partial charge in [0.1, 0.15) is 6.17 Å². The lowest BCUT2D eigenvalue weighted by molar-refractivity contribution is 0.373. The molecule has 0 aliphatic carbocycles. The van der Waals surface area contributed by atoms with Crippen molar-refractivity contribution in [1.29, 1.82) is 0 Å². The van der Waals surface area contributed by atoms with E-state index in [9.17, 15) is 4.39 Å².